The second-order valence-corrected chi connectivity index (χ2v) is 5.48. The lowest BCUT2D eigenvalue weighted by molar-refractivity contribution is -0.117. The lowest BCUT2D eigenvalue weighted by Gasteiger charge is -2.12. The molecule has 7 nitrogen and oxygen atoms in total. The van der Waals surface area contributed by atoms with Gasteiger partial charge in [0.2, 0.25) is 5.91 Å². The molecule has 1 heterocycles. The number of carbonyl (C=O) groups is 1. The molecule has 0 spiro atoms. The number of aromatic amines is 1. The zero-order chi connectivity index (χ0) is 16.8. The molecule has 0 aliphatic carbocycles. The summed E-state index contributed by atoms with van der Waals surface area (Å²) in [5.74, 6) is 0.670. The zero-order valence-electron chi connectivity index (χ0n) is 13.6. The Morgan fingerprint density at radius 1 is 1.39 bits per heavy atom. The van der Waals surface area contributed by atoms with Crippen LogP contribution in [0.2, 0.25) is 0 Å². The number of hydrogen-bond acceptors (Lipinski definition) is 4. The van der Waals surface area contributed by atoms with E-state index in [-0.39, 0.29) is 5.91 Å². The van der Waals surface area contributed by atoms with Gasteiger partial charge < -0.3 is 20.9 Å². The standard InChI is InChI=1S/C16H22N6O/c1-11(22(2)3)20-12-4-6-13(7-5-12)21-16(23)15(17)8-14-9-18-10-19-14/h4-7,9-10,15H,8,17H2,1-3H3,(H,18,19)(H,21,23)/t15-/m0/s1. The minimum absolute atomic E-state index is 0.236. The third-order valence-corrected chi connectivity index (χ3v) is 3.40. The second-order valence-electron chi connectivity index (χ2n) is 5.48. The molecule has 1 amide bonds. The summed E-state index contributed by atoms with van der Waals surface area (Å²) in [6, 6.07) is 6.68. The van der Waals surface area contributed by atoms with Gasteiger partial charge in [-0.2, -0.15) is 0 Å². The van der Waals surface area contributed by atoms with Crippen LogP contribution in [0.4, 0.5) is 11.4 Å². The van der Waals surface area contributed by atoms with Crippen LogP contribution < -0.4 is 11.1 Å². The Hall–Kier alpha value is -2.67. The number of hydrogen-bond donors (Lipinski definition) is 3. The van der Waals surface area contributed by atoms with E-state index in [1.54, 1.807) is 12.5 Å². The molecule has 2 rings (SSSR count). The van der Waals surface area contributed by atoms with E-state index in [0.717, 1.165) is 17.2 Å². The van der Waals surface area contributed by atoms with Crippen LogP contribution in [-0.2, 0) is 11.2 Å². The van der Waals surface area contributed by atoms with Crippen molar-refractivity contribution in [1.82, 2.24) is 14.9 Å². The number of anilines is 1. The van der Waals surface area contributed by atoms with Gasteiger partial charge in [-0.3, -0.25) is 4.79 Å². The topological polar surface area (TPSA) is 99.4 Å². The summed E-state index contributed by atoms with van der Waals surface area (Å²) in [6.07, 6.45) is 3.64. The Kier molecular flexibility index (Phi) is 5.48. The van der Waals surface area contributed by atoms with Gasteiger partial charge in [-0.15, -0.1) is 0 Å². The molecule has 2 aromatic rings. The SMILES string of the molecule is CC(=Nc1ccc(NC(=O)[C@@H](N)Cc2cnc[nH]2)cc1)N(C)C. The molecule has 23 heavy (non-hydrogen) atoms. The van der Waals surface area contributed by atoms with Gasteiger partial charge in [0.25, 0.3) is 0 Å². The van der Waals surface area contributed by atoms with Crippen LogP contribution in [0.1, 0.15) is 12.6 Å². The number of aromatic nitrogens is 2. The van der Waals surface area contributed by atoms with Gasteiger partial charge in [-0.05, 0) is 31.2 Å². The number of amides is 1. The molecule has 0 saturated carbocycles. The summed E-state index contributed by atoms with van der Waals surface area (Å²) < 4.78 is 0. The van der Waals surface area contributed by atoms with Crippen LogP contribution >= 0.6 is 0 Å². The van der Waals surface area contributed by atoms with Crippen molar-refractivity contribution in [3.63, 3.8) is 0 Å². The maximum absolute atomic E-state index is 12.1. The Balaban J connectivity index is 1.95. The van der Waals surface area contributed by atoms with Crippen molar-refractivity contribution in [3.05, 3.63) is 42.5 Å². The number of aliphatic imine (C=N–C) groups is 1. The predicted octanol–water partition coefficient (Wildman–Crippen LogP) is 1.53. The number of nitrogens with zero attached hydrogens (tertiary/aromatic N) is 3. The minimum Gasteiger partial charge on any atom is -0.366 e. The van der Waals surface area contributed by atoms with Crippen molar-refractivity contribution in [3.8, 4) is 0 Å². The fourth-order valence-corrected chi connectivity index (χ4v) is 1.87. The highest BCUT2D eigenvalue weighted by Gasteiger charge is 2.14. The first-order valence-electron chi connectivity index (χ1n) is 7.32. The third-order valence-electron chi connectivity index (χ3n) is 3.40. The summed E-state index contributed by atoms with van der Waals surface area (Å²) in [4.78, 5) is 25.3. The van der Waals surface area contributed by atoms with Gasteiger partial charge in [0.15, 0.2) is 0 Å². The highest BCUT2D eigenvalue weighted by Crippen LogP contribution is 2.17. The van der Waals surface area contributed by atoms with Gasteiger partial charge in [0.05, 0.1) is 18.1 Å². The maximum Gasteiger partial charge on any atom is 0.241 e. The summed E-state index contributed by atoms with van der Waals surface area (Å²) in [7, 11) is 3.88. The van der Waals surface area contributed by atoms with Crippen molar-refractivity contribution in [1.29, 1.82) is 0 Å². The molecule has 1 aromatic heterocycles. The molecule has 0 fully saturated rings. The normalized spacial score (nSPS) is 12.8. The second kappa shape index (κ2) is 7.55. The summed E-state index contributed by atoms with van der Waals surface area (Å²) in [5.41, 5.74) is 8.25. The fraction of sp³-hybridized carbons (Fsp3) is 0.312. The van der Waals surface area contributed by atoms with E-state index < -0.39 is 6.04 Å². The molecule has 7 heteroatoms. The fourth-order valence-electron chi connectivity index (χ4n) is 1.87. The predicted molar refractivity (Wildman–Crippen MR) is 91.8 cm³/mol. The number of H-pyrrole nitrogens is 1. The molecular weight excluding hydrogens is 292 g/mol. The van der Waals surface area contributed by atoms with Crippen molar-refractivity contribution >= 4 is 23.1 Å². The van der Waals surface area contributed by atoms with Gasteiger partial charge >= 0.3 is 0 Å². The largest absolute Gasteiger partial charge is 0.366 e. The Labute approximate surface area is 135 Å². The van der Waals surface area contributed by atoms with Crippen molar-refractivity contribution < 1.29 is 4.79 Å². The molecule has 4 N–H and O–H groups in total. The van der Waals surface area contributed by atoms with Crippen molar-refractivity contribution in [2.75, 3.05) is 19.4 Å². The quantitative estimate of drug-likeness (QED) is 0.575. The van der Waals surface area contributed by atoms with Crippen LogP contribution in [0.3, 0.4) is 0 Å². The first-order valence-corrected chi connectivity index (χ1v) is 7.32. The van der Waals surface area contributed by atoms with Crippen LogP contribution in [0, 0.1) is 0 Å². The van der Waals surface area contributed by atoms with Crippen LogP contribution in [0.15, 0.2) is 41.8 Å². The summed E-state index contributed by atoms with van der Waals surface area (Å²) in [6.45, 7) is 1.93. The average molecular weight is 314 g/mol. The van der Waals surface area contributed by atoms with Crippen LogP contribution in [0.25, 0.3) is 0 Å². The van der Waals surface area contributed by atoms with Crippen LogP contribution in [-0.4, -0.2) is 46.7 Å². The smallest absolute Gasteiger partial charge is 0.241 e. The number of carbonyl (C=O) groups excluding carboxylic acids is 1. The number of amidine groups is 1. The number of imidazole rings is 1. The van der Waals surface area contributed by atoms with E-state index in [9.17, 15) is 4.79 Å². The number of nitrogens with two attached hydrogens (primary N) is 1. The summed E-state index contributed by atoms with van der Waals surface area (Å²) in [5, 5.41) is 2.80. The monoisotopic (exact) mass is 314 g/mol. The number of benzene rings is 1. The summed E-state index contributed by atoms with van der Waals surface area (Å²) >= 11 is 0. The lowest BCUT2D eigenvalue weighted by atomic mass is 10.1. The molecule has 122 valence electrons. The first-order chi connectivity index (χ1) is 11.0. The maximum atomic E-state index is 12.1. The Bertz CT molecular complexity index is 660. The van der Waals surface area contributed by atoms with E-state index in [1.165, 1.54) is 0 Å². The number of rotatable bonds is 5. The van der Waals surface area contributed by atoms with Gasteiger partial charge in [0.1, 0.15) is 5.84 Å². The molecule has 0 aliphatic rings. The molecule has 1 atom stereocenters. The highest BCUT2D eigenvalue weighted by atomic mass is 16.2. The van der Waals surface area contributed by atoms with Gasteiger partial charge in [0, 0.05) is 38.1 Å². The molecule has 0 bridgehead atoms. The van der Waals surface area contributed by atoms with Gasteiger partial charge in [-0.1, -0.05) is 0 Å². The Morgan fingerprint density at radius 3 is 2.65 bits per heavy atom. The highest BCUT2D eigenvalue weighted by molar-refractivity contribution is 5.95. The van der Waals surface area contributed by atoms with E-state index in [1.807, 2.05) is 50.2 Å². The van der Waals surface area contributed by atoms with Crippen LogP contribution in [0.5, 0.6) is 0 Å². The first kappa shape index (κ1) is 16.7. The molecule has 0 saturated heterocycles. The van der Waals surface area contributed by atoms with Crippen molar-refractivity contribution in [2.45, 2.75) is 19.4 Å². The average Bonchev–Trinajstić information content (AvgIpc) is 3.02. The molecular formula is C16H22N6O. The van der Waals surface area contributed by atoms with Gasteiger partial charge in [-0.25, -0.2) is 9.98 Å². The lowest BCUT2D eigenvalue weighted by Crippen LogP contribution is -2.37. The number of nitrogens with one attached hydrogen (secondary N) is 2. The van der Waals surface area contributed by atoms with E-state index in [4.69, 9.17) is 5.73 Å². The minimum atomic E-state index is -0.635. The van der Waals surface area contributed by atoms with E-state index in [0.29, 0.717) is 12.1 Å². The Morgan fingerprint density at radius 2 is 2.09 bits per heavy atom. The van der Waals surface area contributed by atoms with E-state index in [2.05, 4.69) is 20.3 Å². The van der Waals surface area contributed by atoms with Crippen molar-refractivity contribution in [2.24, 2.45) is 10.7 Å². The zero-order valence-corrected chi connectivity index (χ0v) is 13.6. The molecule has 0 aliphatic heterocycles. The van der Waals surface area contributed by atoms with E-state index >= 15 is 0 Å². The molecule has 1 aromatic carbocycles. The molecule has 0 unspecified atom stereocenters. The third kappa shape index (κ3) is 4.93. The molecule has 0 radical (unpaired) electrons.